The molecule has 0 aliphatic rings. The van der Waals surface area contributed by atoms with Crippen molar-refractivity contribution in [1.82, 2.24) is 19.5 Å². The molecule has 6 rings (SSSR count). The number of benzene rings is 3. The summed E-state index contributed by atoms with van der Waals surface area (Å²) in [6.45, 7) is 5.27. The lowest BCUT2D eigenvalue weighted by Gasteiger charge is -2.20. The Hall–Kier alpha value is -4.58. The lowest BCUT2D eigenvalue weighted by molar-refractivity contribution is 0.0547. The highest BCUT2D eigenvalue weighted by Crippen LogP contribution is 2.28. The summed E-state index contributed by atoms with van der Waals surface area (Å²) in [7, 11) is -1.74. The monoisotopic (exact) mass is 579 g/mol. The highest BCUT2D eigenvalue weighted by atomic mass is 32.2. The van der Waals surface area contributed by atoms with Crippen molar-refractivity contribution in [2.75, 3.05) is 5.73 Å². The van der Waals surface area contributed by atoms with Gasteiger partial charge in [0.2, 0.25) is 0 Å². The van der Waals surface area contributed by atoms with Crippen LogP contribution < -0.4 is 11.3 Å². The summed E-state index contributed by atoms with van der Waals surface area (Å²) in [6, 6.07) is 28.6. The zero-order chi connectivity index (χ0) is 29.9. The predicted octanol–water partition coefficient (Wildman–Crippen LogP) is 5.46. The molecule has 0 bridgehead atoms. The lowest BCUT2D eigenvalue weighted by Crippen LogP contribution is -2.40. The van der Waals surface area contributed by atoms with Crippen molar-refractivity contribution in [1.29, 1.82) is 0 Å². The van der Waals surface area contributed by atoms with Gasteiger partial charge < -0.3 is 25.5 Å². The summed E-state index contributed by atoms with van der Waals surface area (Å²) in [4.78, 5) is 25.7. The topological polar surface area (TPSA) is 139 Å². The van der Waals surface area contributed by atoms with E-state index in [4.69, 9.17) is 10.5 Å². The molecule has 6 aromatic rings. The number of nitrogens with zero attached hydrogens (tertiary/aromatic N) is 3. The fourth-order valence-electron chi connectivity index (χ4n) is 4.26. The van der Waals surface area contributed by atoms with E-state index in [-0.39, 0.29) is 5.59 Å². The number of nitrogen functional groups attached to an aromatic ring is 1. The second kappa shape index (κ2) is 12.1. The van der Waals surface area contributed by atoms with Crippen LogP contribution in [0.2, 0.25) is 0 Å². The zero-order valence-corrected chi connectivity index (χ0v) is 24.2. The number of nitrogens with two attached hydrogens (primary N) is 1. The maximum absolute atomic E-state index is 12.2. The van der Waals surface area contributed by atoms with E-state index in [1.54, 1.807) is 63.0 Å². The Morgan fingerprint density at radius 1 is 0.952 bits per heavy atom. The van der Waals surface area contributed by atoms with Gasteiger partial charge in [-0.2, -0.15) is 0 Å². The number of aromatic amines is 1. The van der Waals surface area contributed by atoms with E-state index in [0.717, 1.165) is 37.6 Å². The molecule has 9 nitrogen and oxygen atoms in total. The quantitative estimate of drug-likeness (QED) is 0.123. The van der Waals surface area contributed by atoms with E-state index in [9.17, 15) is 14.8 Å². The molecule has 0 atom stereocenters. The van der Waals surface area contributed by atoms with Crippen molar-refractivity contribution in [2.24, 2.45) is 0 Å². The van der Waals surface area contributed by atoms with E-state index in [1.807, 2.05) is 54.6 Å². The fraction of sp³-hybridized carbons (Fsp3) is 0.129. The van der Waals surface area contributed by atoms with Crippen LogP contribution in [0.1, 0.15) is 20.8 Å². The SMILES string of the molecule is CC(C)(C)OC(=O)n1c(B(O)O)cc2ccccc21.Nc1ccc(Sc2ccnc(-c3cc4ccccc4[nH]3)n2)cc1. The first kappa shape index (κ1) is 28.9. The van der Waals surface area contributed by atoms with Crippen molar-refractivity contribution in [3.05, 3.63) is 97.2 Å². The lowest BCUT2D eigenvalue weighted by atomic mass is 9.86. The van der Waals surface area contributed by atoms with Crippen LogP contribution in [0.25, 0.3) is 33.3 Å². The van der Waals surface area contributed by atoms with Crippen molar-refractivity contribution in [2.45, 2.75) is 36.3 Å². The average Bonchev–Trinajstić information content (AvgIpc) is 3.56. The third-order valence-corrected chi connectivity index (χ3v) is 7.03. The number of aromatic nitrogens is 4. The van der Waals surface area contributed by atoms with Crippen LogP contribution in [-0.2, 0) is 4.74 Å². The molecule has 0 spiro atoms. The molecule has 3 aromatic carbocycles. The molecule has 0 unspecified atom stereocenters. The molecule has 3 heterocycles. The van der Waals surface area contributed by atoms with Crippen molar-refractivity contribution in [3.8, 4) is 11.5 Å². The first-order chi connectivity index (χ1) is 20.1. The highest BCUT2D eigenvalue weighted by molar-refractivity contribution is 7.99. The number of H-pyrrole nitrogens is 1. The summed E-state index contributed by atoms with van der Waals surface area (Å²) >= 11 is 1.59. The van der Waals surface area contributed by atoms with Crippen LogP contribution in [0.4, 0.5) is 10.5 Å². The molecule has 42 heavy (non-hydrogen) atoms. The fourth-order valence-corrected chi connectivity index (χ4v) is 5.03. The minimum Gasteiger partial charge on any atom is -0.443 e. The molecule has 212 valence electrons. The molecule has 0 saturated carbocycles. The molecular formula is C31H30BN5O4S. The normalized spacial score (nSPS) is 11.3. The van der Waals surface area contributed by atoms with Gasteiger partial charge in [-0.1, -0.05) is 48.2 Å². The van der Waals surface area contributed by atoms with Crippen LogP contribution >= 0.6 is 11.8 Å². The minimum absolute atomic E-state index is 0.0930. The van der Waals surface area contributed by atoms with Crippen LogP contribution in [0.3, 0.4) is 0 Å². The smallest absolute Gasteiger partial charge is 0.443 e. The van der Waals surface area contributed by atoms with Crippen LogP contribution in [0, 0.1) is 0 Å². The number of nitrogens with one attached hydrogen (secondary N) is 1. The van der Waals surface area contributed by atoms with Crippen LogP contribution in [-0.4, -0.2) is 48.4 Å². The van der Waals surface area contributed by atoms with E-state index in [0.29, 0.717) is 11.3 Å². The first-order valence-corrected chi connectivity index (χ1v) is 14.0. The molecule has 3 aromatic heterocycles. The zero-order valence-electron chi connectivity index (χ0n) is 23.4. The molecule has 0 fully saturated rings. The maximum atomic E-state index is 12.2. The Labute approximate surface area is 247 Å². The van der Waals surface area contributed by atoms with Crippen molar-refractivity contribution >= 4 is 58.1 Å². The van der Waals surface area contributed by atoms with Crippen LogP contribution in [0.5, 0.6) is 0 Å². The highest BCUT2D eigenvalue weighted by Gasteiger charge is 2.26. The number of hydrogen-bond donors (Lipinski definition) is 4. The standard InChI is InChI=1S/C18H14N4S.C13H16BNO4/c19-13-5-7-14(8-6-13)23-17-9-10-20-18(22-17)16-11-12-3-1-2-4-15(12)21-16;1-13(2,3)19-12(16)15-10-7-5-4-6-9(10)8-11(15)14(17)18/h1-11,21H,19H2;4-8,17-18H,1-3H3. The van der Waals surface area contributed by atoms with E-state index < -0.39 is 18.8 Å². The average molecular weight is 579 g/mol. The third-order valence-electron chi connectivity index (χ3n) is 6.08. The summed E-state index contributed by atoms with van der Waals surface area (Å²) in [5.74, 6) is 0.696. The first-order valence-electron chi connectivity index (χ1n) is 13.2. The summed E-state index contributed by atoms with van der Waals surface area (Å²) in [5.41, 5.74) is 8.51. The molecule has 5 N–H and O–H groups in total. The van der Waals surface area contributed by atoms with Gasteiger partial charge in [0.15, 0.2) is 5.82 Å². The Kier molecular flexibility index (Phi) is 8.35. The van der Waals surface area contributed by atoms with E-state index >= 15 is 0 Å². The number of carbonyl (C=O) groups excluding carboxylic acids is 1. The number of anilines is 1. The Morgan fingerprint density at radius 2 is 1.64 bits per heavy atom. The molecule has 0 saturated heterocycles. The molecule has 11 heteroatoms. The number of hydrogen-bond acceptors (Lipinski definition) is 8. The number of fused-ring (bicyclic) bond motifs is 2. The van der Waals surface area contributed by atoms with Gasteiger partial charge in [0.25, 0.3) is 0 Å². The van der Waals surface area contributed by atoms with Gasteiger partial charge in [-0.05, 0) is 80.8 Å². The van der Waals surface area contributed by atoms with Gasteiger partial charge in [-0.3, -0.25) is 4.57 Å². The molecule has 0 aliphatic carbocycles. The van der Waals surface area contributed by atoms with Gasteiger partial charge in [0.05, 0.1) is 16.8 Å². The number of para-hydroxylation sites is 2. The molecule has 0 radical (unpaired) electrons. The third kappa shape index (κ3) is 6.83. The Balaban J connectivity index is 0.000000172. The predicted molar refractivity (Wildman–Crippen MR) is 168 cm³/mol. The van der Waals surface area contributed by atoms with Crippen molar-refractivity contribution < 1.29 is 19.6 Å². The van der Waals surface area contributed by atoms with E-state index in [2.05, 4.69) is 27.1 Å². The second-order valence-electron chi connectivity index (χ2n) is 10.5. The minimum atomic E-state index is -1.74. The van der Waals surface area contributed by atoms with Crippen molar-refractivity contribution in [3.63, 3.8) is 0 Å². The number of rotatable bonds is 4. The van der Waals surface area contributed by atoms with Gasteiger partial charge >= 0.3 is 13.2 Å². The summed E-state index contributed by atoms with van der Waals surface area (Å²) in [6.07, 6.45) is 1.16. The van der Waals surface area contributed by atoms with Crippen LogP contribution in [0.15, 0.2) is 107 Å². The largest absolute Gasteiger partial charge is 0.506 e. The molecular weight excluding hydrogens is 549 g/mol. The maximum Gasteiger partial charge on any atom is 0.506 e. The summed E-state index contributed by atoms with van der Waals surface area (Å²) in [5, 5.41) is 21.6. The Morgan fingerprint density at radius 3 is 2.33 bits per heavy atom. The second-order valence-corrected chi connectivity index (χ2v) is 11.6. The number of carbonyl (C=O) groups is 1. The molecule has 0 amide bonds. The van der Waals surface area contributed by atoms with Gasteiger partial charge in [-0.25, -0.2) is 14.8 Å². The Bertz CT molecular complexity index is 1810. The molecule has 0 aliphatic heterocycles. The summed E-state index contributed by atoms with van der Waals surface area (Å²) < 4.78 is 6.47. The van der Waals surface area contributed by atoms with E-state index in [1.165, 1.54) is 4.57 Å². The van der Waals surface area contributed by atoms with Gasteiger partial charge in [-0.15, -0.1) is 0 Å². The number of ether oxygens (including phenoxy) is 1. The van der Waals surface area contributed by atoms with Gasteiger partial charge in [0, 0.05) is 27.7 Å². The van der Waals surface area contributed by atoms with Gasteiger partial charge in [0.1, 0.15) is 10.6 Å².